The van der Waals surface area contributed by atoms with Crippen LogP contribution in [0.1, 0.15) is 56.7 Å². The van der Waals surface area contributed by atoms with Crippen molar-refractivity contribution in [1.29, 1.82) is 0 Å². The van der Waals surface area contributed by atoms with Gasteiger partial charge in [-0.05, 0) is 33.8 Å². The third-order valence-corrected chi connectivity index (χ3v) is 7.43. The minimum absolute atomic E-state index is 0.0276. The van der Waals surface area contributed by atoms with Crippen molar-refractivity contribution < 1.29 is 46.0 Å². The Bertz CT molecular complexity index is 1230. The highest BCUT2D eigenvalue weighted by Crippen LogP contribution is 2.55. The van der Waals surface area contributed by atoms with Gasteiger partial charge in [0.05, 0.1) is 31.3 Å². The van der Waals surface area contributed by atoms with E-state index in [9.17, 15) is 22.4 Å². The van der Waals surface area contributed by atoms with Crippen LogP contribution in [-0.4, -0.2) is 66.5 Å². The zero-order valence-corrected chi connectivity index (χ0v) is 23.1. The van der Waals surface area contributed by atoms with Gasteiger partial charge in [-0.2, -0.15) is 13.2 Å². The molecule has 3 heterocycles. The number of amides is 1. The van der Waals surface area contributed by atoms with Crippen molar-refractivity contribution in [2.45, 2.75) is 70.3 Å². The second-order valence-electron chi connectivity index (χ2n) is 10.5. The molecule has 2 aliphatic heterocycles. The van der Waals surface area contributed by atoms with Crippen LogP contribution in [0.3, 0.4) is 0 Å². The van der Waals surface area contributed by atoms with Crippen LogP contribution in [-0.2, 0) is 23.7 Å². The van der Waals surface area contributed by atoms with E-state index >= 15 is 0 Å². The van der Waals surface area contributed by atoms with Gasteiger partial charge >= 0.3 is 6.18 Å². The van der Waals surface area contributed by atoms with Gasteiger partial charge in [-0.3, -0.25) is 4.79 Å². The van der Waals surface area contributed by atoms with Crippen LogP contribution in [0.2, 0.25) is 0 Å². The standard InChI is InChI=1S/C27H33F4N3O6/c1-14-18(28)8-7-17(21(14)37-10-9-36-6)20-15(2)26(5,27(29,30)31)40-22(20)24(35)34-16-11-32-23(33-12-16)19-13-38-25(3,4)39-19/h7-8,11-12,15,19-20,22H,9-10,13H2,1-6H3,(H,34,35)/t15-,19?,20-,22-,26+/m0/s1. The van der Waals surface area contributed by atoms with E-state index in [1.54, 1.807) is 13.8 Å². The molecule has 1 unspecified atom stereocenters. The van der Waals surface area contributed by atoms with E-state index in [0.717, 1.165) is 13.0 Å². The molecule has 1 aromatic carbocycles. The lowest BCUT2D eigenvalue weighted by atomic mass is 9.76. The molecule has 1 amide bonds. The van der Waals surface area contributed by atoms with E-state index in [2.05, 4.69) is 15.3 Å². The molecule has 0 radical (unpaired) electrons. The molecule has 1 aromatic heterocycles. The summed E-state index contributed by atoms with van der Waals surface area (Å²) < 4.78 is 84.8. The van der Waals surface area contributed by atoms with Crippen LogP contribution in [0.15, 0.2) is 24.5 Å². The van der Waals surface area contributed by atoms with Crippen molar-refractivity contribution in [1.82, 2.24) is 9.97 Å². The Kier molecular flexibility index (Phi) is 8.42. The molecule has 5 atom stereocenters. The lowest BCUT2D eigenvalue weighted by Gasteiger charge is -2.32. The Balaban J connectivity index is 1.65. The lowest BCUT2D eigenvalue weighted by molar-refractivity contribution is -0.272. The fraction of sp³-hybridized carbons (Fsp3) is 0.593. The minimum atomic E-state index is -4.80. The molecular formula is C27H33F4N3O6. The summed E-state index contributed by atoms with van der Waals surface area (Å²) in [5, 5.41) is 2.56. The third-order valence-electron chi connectivity index (χ3n) is 7.43. The monoisotopic (exact) mass is 571 g/mol. The number of ether oxygens (including phenoxy) is 5. The van der Waals surface area contributed by atoms with Gasteiger partial charge in [0, 0.05) is 30.1 Å². The number of rotatable bonds is 8. The fourth-order valence-corrected chi connectivity index (χ4v) is 4.99. The summed E-state index contributed by atoms with van der Waals surface area (Å²) in [6.45, 7) is 7.67. The number of hydrogen-bond donors (Lipinski definition) is 1. The van der Waals surface area contributed by atoms with Gasteiger partial charge in [0.15, 0.2) is 17.2 Å². The smallest absolute Gasteiger partial charge is 0.417 e. The highest BCUT2D eigenvalue weighted by Gasteiger charge is 2.65. The number of halogens is 4. The molecule has 0 aliphatic carbocycles. The fourth-order valence-electron chi connectivity index (χ4n) is 4.99. The molecule has 13 heteroatoms. The number of aromatic nitrogens is 2. The molecule has 40 heavy (non-hydrogen) atoms. The second kappa shape index (κ2) is 11.2. The topological polar surface area (TPSA) is 101 Å². The first-order chi connectivity index (χ1) is 18.7. The molecule has 2 fully saturated rings. The van der Waals surface area contributed by atoms with Crippen LogP contribution in [0, 0.1) is 18.7 Å². The van der Waals surface area contributed by atoms with Gasteiger partial charge in [-0.25, -0.2) is 14.4 Å². The molecule has 9 nitrogen and oxygen atoms in total. The maximum absolute atomic E-state index is 14.5. The maximum atomic E-state index is 14.5. The molecule has 4 rings (SSSR count). The molecule has 0 bridgehead atoms. The molecular weight excluding hydrogens is 538 g/mol. The predicted octanol–water partition coefficient (Wildman–Crippen LogP) is 4.85. The molecule has 0 spiro atoms. The van der Waals surface area contributed by atoms with Crippen molar-refractivity contribution in [3.63, 3.8) is 0 Å². The van der Waals surface area contributed by atoms with Gasteiger partial charge in [0.2, 0.25) is 0 Å². The number of nitrogens with zero attached hydrogens (tertiary/aromatic N) is 2. The summed E-state index contributed by atoms with van der Waals surface area (Å²) in [4.78, 5) is 21.9. The second-order valence-corrected chi connectivity index (χ2v) is 10.5. The number of hydrogen-bond acceptors (Lipinski definition) is 8. The number of benzene rings is 1. The van der Waals surface area contributed by atoms with E-state index in [1.165, 1.54) is 39.4 Å². The molecule has 220 valence electrons. The van der Waals surface area contributed by atoms with E-state index in [1.807, 2.05) is 0 Å². The first kappa shape index (κ1) is 30.1. The number of carbonyl (C=O) groups excluding carboxylic acids is 1. The average Bonchev–Trinajstić information content (AvgIpc) is 3.39. The first-order valence-corrected chi connectivity index (χ1v) is 12.8. The summed E-state index contributed by atoms with van der Waals surface area (Å²) in [6.07, 6.45) is -4.25. The van der Waals surface area contributed by atoms with Crippen LogP contribution < -0.4 is 10.1 Å². The van der Waals surface area contributed by atoms with E-state index in [-0.39, 0.29) is 42.4 Å². The maximum Gasteiger partial charge on any atom is 0.417 e. The van der Waals surface area contributed by atoms with Crippen molar-refractivity contribution >= 4 is 11.6 Å². The quantitative estimate of drug-likeness (QED) is 0.355. The first-order valence-electron chi connectivity index (χ1n) is 12.8. The molecule has 2 aliphatic rings. The minimum Gasteiger partial charge on any atom is -0.491 e. The van der Waals surface area contributed by atoms with Gasteiger partial charge in [0.25, 0.3) is 5.91 Å². The van der Waals surface area contributed by atoms with Crippen LogP contribution >= 0.6 is 0 Å². The van der Waals surface area contributed by atoms with Crippen molar-refractivity contribution in [3.8, 4) is 5.75 Å². The van der Waals surface area contributed by atoms with Gasteiger partial charge in [-0.1, -0.05) is 13.0 Å². The Morgan fingerprint density at radius 1 is 1.15 bits per heavy atom. The Labute approximate surface area is 229 Å². The van der Waals surface area contributed by atoms with E-state index < -0.39 is 53.3 Å². The zero-order valence-electron chi connectivity index (χ0n) is 23.1. The highest BCUT2D eigenvalue weighted by molar-refractivity contribution is 5.95. The Morgan fingerprint density at radius 3 is 2.40 bits per heavy atom. The van der Waals surface area contributed by atoms with Crippen molar-refractivity contribution in [2.24, 2.45) is 5.92 Å². The third kappa shape index (κ3) is 5.78. The summed E-state index contributed by atoms with van der Waals surface area (Å²) in [5.41, 5.74) is -2.19. The normalized spacial score (nSPS) is 28.1. The van der Waals surface area contributed by atoms with E-state index in [4.69, 9.17) is 23.7 Å². The van der Waals surface area contributed by atoms with Crippen molar-refractivity contribution in [3.05, 3.63) is 47.3 Å². The van der Waals surface area contributed by atoms with Gasteiger partial charge < -0.3 is 29.0 Å². The number of nitrogens with one attached hydrogen (secondary N) is 1. The number of alkyl halides is 3. The Morgan fingerprint density at radius 2 is 1.82 bits per heavy atom. The van der Waals surface area contributed by atoms with Crippen LogP contribution in [0.4, 0.5) is 23.2 Å². The average molecular weight is 572 g/mol. The van der Waals surface area contributed by atoms with Crippen molar-refractivity contribution in [2.75, 3.05) is 32.2 Å². The largest absolute Gasteiger partial charge is 0.491 e. The Hall–Kier alpha value is -2.87. The number of anilines is 1. The number of methoxy groups -OCH3 is 1. The molecule has 0 saturated carbocycles. The highest BCUT2D eigenvalue weighted by atomic mass is 19.4. The van der Waals surface area contributed by atoms with Crippen LogP contribution in [0.5, 0.6) is 5.75 Å². The van der Waals surface area contributed by atoms with Crippen LogP contribution in [0.25, 0.3) is 0 Å². The van der Waals surface area contributed by atoms with E-state index in [0.29, 0.717) is 5.82 Å². The lowest BCUT2D eigenvalue weighted by Crippen LogP contribution is -2.47. The summed E-state index contributed by atoms with van der Waals surface area (Å²) >= 11 is 0. The predicted molar refractivity (Wildman–Crippen MR) is 134 cm³/mol. The number of carbonyl (C=O) groups is 1. The summed E-state index contributed by atoms with van der Waals surface area (Å²) in [6, 6.07) is 2.47. The van der Waals surface area contributed by atoms with Gasteiger partial charge in [0.1, 0.15) is 30.4 Å². The van der Waals surface area contributed by atoms with Gasteiger partial charge in [-0.15, -0.1) is 0 Å². The molecule has 1 N–H and O–H groups in total. The zero-order chi connectivity index (χ0) is 29.5. The molecule has 2 saturated heterocycles. The molecule has 2 aromatic rings. The summed E-state index contributed by atoms with van der Waals surface area (Å²) in [5.74, 6) is -4.21. The SMILES string of the molecule is COCCOc1c([C@H]2[C@@H](C(=O)Nc3cnc(C4COC(C)(C)O4)nc3)O[C@@](C)(C(F)(F)F)[C@H]2C)ccc(F)c1C. The summed E-state index contributed by atoms with van der Waals surface area (Å²) in [7, 11) is 1.45.